The van der Waals surface area contributed by atoms with Crippen molar-refractivity contribution in [3.63, 3.8) is 0 Å². The highest BCUT2D eigenvalue weighted by molar-refractivity contribution is 5.96. The summed E-state index contributed by atoms with van der Waals surface area (Å²) < 4.78 is 0. The van der Waals surface area contributed by atoms with E-state index in [0.717, 1.165) is 19.3 Å². The summed E-state index contributed by atoms with van der Waals surface area (Å²) in [4.78, 5) is 13.2. The molecule has 19 heavy (non-hydrogen) atoms. The first-order chi connectivity index (χ1) is 8.69. The van der Waals surface area contributed by atoms with Crippen molar-refractivity contribution in [3.05, 3.63) is 23.3 Å². The molecular formula is C16H26N2O. The van der Waals surface area contributed by atoms with Gasteiger partial charge in [0.2, 0.25) is 0 Å². The van der Waals surface area contributed by atoms with E-state index in [9.17, 15) is 4.79 Å². The Bertz CT molecular complexity index is 405. The lowest BCUT2D eigenvalue weighted by atomic mass is 9.83. The third kappa shape index (κ3) is 7.46. The maximum atomic E-state index is 11.7. The van der Waals surface area contributed by atoms with Gasteiger partial charge in [-0.15, -0.1) is 0 Å². The molecular weight excluding hydrogens is 236 g/mol. The van der Waals surface area contributed by atoms with Crippen LogP contribution >= 0.6 is 0 Å². The molecule has 3 heteroatoms. The predicted molar refractivity (Wildman–Crippen MR) is 79.5 cm³/mol. The van der Waals surface area contributed by atoms with E-state index in [2.05, 4.69) is 33.8 Å². The number of nitrogens with zero attached hydrogens (tertiary/aromatic N) is 2. The predicted octanol–water partition coefficient (Wildman–Crippen LogP) is 3.69. The van der Waals surface area contributed by atoms with Crippen molar-refractivity contribution < 1.29 is 4.79 Å². The average Bonchev–Trinajstić information content (AvgIpc) is 2.28. The van der Waals surface area contributed by atoms with Crippen molar-refractivity contribution >= 4 is 5.91 Å². The second-order valence-corrected chi connectivity index (χ2v) is 6.12. The van der Waals surface area contributed by atoms with Crippen molar-refractivity contribution in [1.29, 1.82) is 5.26 Å². The number of rotatable bonds is 6. The van der Waals surface area contributed by atoms with Crippen molar-refractivity contribution in [2.75, 3.05) is 14.1 Å². The SMILES string of the molecule is CC(C)=CCCC(C)(C)C/C=C(\C#N)C(=O)N(C)C. The Morgan fingerprint density at radius 2 is 1.84 bits per heavy atom. The Morgan fingerprint density at radius 3 is 2.26 bits per heavy atom. The highest BCUT2D eigenvalue weighted by Crippen LogP contribution is 2.28. The van der Waals surface area contributed by atoms with Crippen LogP contribution in [0.5, 0.6) is 0 Å². The lowest BCUT2D eigenvalue weighted by molar-refractivity contribution is -0.124. The fourth-order valence-electron chi connectivity index (χ4n) is 1.65. The number of allylic oxidation sites excluding steroid dienone is 3. The molecule has 106 valence electrons. The van der Waals surface area contributed by atoms with Crippen LogP contribution in [-0.4, -0.2) is 24.9 Å². The van der Waals surface area contributed by atoms with E-state index in [4.69, 9.17) is 5.26 Å². The molecule has 0 radical (unpaired) electrons. The van der Waals surface area contributed by atoms with E-state index in [0.29, 0.717) is 0 Å². The zero-order valence-corrected chi connectivity index (χ0v) is 13.1. The summed E-state index contributed by atoms with van der Waals surface area (Å²) in [7, 11) is 3.32. The quantitative estimate of drug-likeness (QED) is 0.416. The number of likely N-dealkylation sites (N-methyl/N-ethyl adjacent to an activating group) is 1. The normalized spacial score (nSPS) is 11.7. The van der Waals surface area contributed by atoms with Crippen LogP contribution in [0.15, 0.2) is 23.3 Å². The molecule has 1 amide bonds. The van der Waals surface area contributed by atoms with Gasteiger partial charge in [0, 0.05) is 14.1 Å². The zero-order valence-electron chi connectivity index (χ0n) is 13.1. The van der Waals surface area contributed by atoms with Crippen LogP contribution in [0.3, 0.4) is 0 Å². The molecule has 0 aliphatic rings. The molecule has 0 bridgehead atoms. The maximum Gasteiger partial charge on any atom is 0.263 e. The average molecular weight is 262 g/mol. The molecule has 3 nitrogen and oxygen atoms in total. The first-order valence-corrected chi connectivity index (χ1v) is 6.65. The summed E-state index contributed by atoms with van der Waals surface area (Å²) in [6.45, 7) is 8.52. The minimum absolute atomic E-state index is 0.0979. The van der Waals surface area contributed by atoms with Crippen LogP contribution in [0, 0.1) is 16.7 Å². The lowest BCUT2D eigenvalue weighted by Crippen LogP contribution is -2.23. The Balaban J connectivity index is 4.61. The second kappa shape index (κ2) is 7.78. The fourth-order valence-corrected chi connectivity index (χ4v) is 1.65. The fraction of sp³-hybridized carbons (Fsp3) is 0.625. The molecule has 0 heterocycles. The summed E-state index contributed by atoms with van der Waals surface area (Å²) >= 11 is 0. The van der Waals surface area contributed by atoms with Gasteiger partial charge in [0.15, 0.2) is 0 Å². The molecule has 0 aliphatic carbocycles. The van der Waals surface area contributed by atoms with Gasteiger partial charge >= 0.3 is 0 Å². The van der Waals surface area contributed by atoms with Gasteiger partial charge in [-0.25, -0.2) is 0 Å². The molecule has 0 aliphatic heterocycles. The van der Waals surface area contributed by atoms with Gasteiger partial charge in [-0.2, -0.15) is 5.26 Å². The molecule has 0 rings (SSSR count). The zero-order chi connectivity index (χ0) is 15.1. The smallest absolute Gasteiger partial charge is 0.263 e. The summed E-state index contributed by atoms with van der Waals surface area (Å²) in [5.74, 6) is -0.220. The standard InChI is InChI=1S/C16H26N2O/c1-13(2)8-7-10-16(3,4)11-9-14(12-17)15(19)18(5)6/h8-9H,7,10-11H2,1-6H3/b14-9+. The highest BCUT2D eigenvalue weighted by atomic mass is 16.2. The van der Waals surface area contributed by atoms with Crippen molar-refractivity contribution in [3.8, 4) is 6.07 Å². The van der Waals surface area contributed by atoms with Crippen LogP contribution in [0.2, 0.25) is 0 Å². The number of carbonyl (C=O) groups is 1. The van der Waals surface area contributed by atoms with Crippen LogP contribution in [0.1, 0.15) is 47.0 Å². The largest absolute Gasteiger partial charge is 0.344 e. The molecule has 0 aromatic carbocycles. The maximum absolute atomic E-state index is 11.7. The lowest BCUT2D eigenvalue weighted by Gasteiger charge is -2.22. The molecule has 0 N–H and O–H groups in total. The molecule has 0 unspecified atom stereocenters. The minimum atomic E-state index is -0.220. The van der Waals surface area contributed by atoms with Crippen molar-refractivity contribution in [1.82, 2.24) is 4.90 Å². The second-order valence-electron chi connectivity index (χ2n) is 6.12. The van der Waals surface area contributed by atoms with Gasteiger partial charge in [0.25, 0.3) is 5.91 Å². The number of amides is 1. The van der Waals surface area contributed by atoms with E-state index in [1.165, 1.54) is 10.5 Å². The summed E-state index contributed by atoms with van der Waals surface area (Å²) in [6, 6.07) is 1.99. The topological polar surface area (TPSA) is 44.1 Å². The van der Waals surface area contributed by atoms with E-state index in [1.54, 1.807) is 20.2 Å². The Labute approximate surface area is 117 Å². The van der Waals surface area contributed by atoms with Crippen molar-refractivity contribution in [2.45, 2.75) is 47.0 Å². The van der Waals surface area contributed by atoms with E-state index in [1.807, 2.05) is 6.07 Å². The molecule has 0 atom stereocenters. The summed E-state index contributed by atoms with van der Waals surface area (Å²) in [6.07, 6.45) is 6.81. The molecule has 0 spiro atoms. The number of nitriles is 1. The number of carbonyl (C=O) groups excluding carboxylic acids is 1. The molecule has 0 saturated heterocycles. The summed E-state index contributed by atoms with van der Waals surface area (Å²) in [5, 5.41) is 9.02. The minimum Gasteiger partial charge on any atom is -0.344 e. The third-order valence-electron chi connectivity index (χ3n) is 2.99. The van der Waals surface area contributed by atoms with Crippen LogP contribution in [0.4, 0.5) is 0 Å². The highest BCUT2D eigenvalue weighted by Gasteiger charge is 2.18. The van der Waals surface area contributed by atoms with Gasteiger partial charge in [-0.3, -0.25) is 4.79 Å². The number of hydrogen-bond acceptors (Lipinski definition) is 2. The van der Waals surface area contributed by atoms with Gasteiger partial charge in [-0.1, -0.05) is 31.6 Å². The first kappa shape index (κ1) is 17.4. The van der Waals surface area contributed by atoms with Gasteiger partial charge < -0.3 is 4.90 Å². The van der Waals surface area contributed by atoms with Crippen LogP contribution < -0.4 is 0 Å². The van der Waals surface area contributed by atoms with Gasteiger partial charge in [-0.05, 0) is 38.5 Å². The van der Waals surface area contributed by atoms with E-state index < -0.39 is 0 Å². The molecule has 0 aromatic rings. The van der Waals surface area contributed by atoms with E-state index in [-0.39, 0.29) is 16.9 Å². The Morgan fingerprint density at radius 1 is 1.26 bits per heavy atom. The van der Waals surface area contributed by atoms with Crippen LogP contribution in [-0.2, 0) is 4.79 Å². The van der Waals surface area contributed by atoms with E-state index >= 15 is 0 Å². The number of hydrogen-bond donors (Lipinski definition) is 0. The summed E-state index contributed by atoms with van der Waals surface area (Å²) in [5.41, 5.74) is 1.66. The van der Waals surface area contributed by atoms with Crippen molar-refractivity contribution in [2.24, 2.45) is 5.41 Å². The first-order valence-electron chi connectivity index (χ1n) is 6.65. The van der Waals surface area contributed by atoms with Crippen LogP contribution in [0.25, 0.3) is 0 Å². The van der Waals surface area contributed by atoms with Gasteiger partial charge in [0.1, 0.15) is 11.6 Å². The molecule has 0 aromatic heterocycles. The molecule has 0 saturated carbocycles. The van der Waals surface area contributed by atoms with Gasteiger partial charge in [0.05, 0.1) is 0 Å². The molecule has 0 fully saturated rings. The third-order valence-corrected chi connectivity index (χ3v) is 2.99. The Kier molecular flexibility index (Phi) is 7.14. The monoisotopic (exact) mass is 262 g/mol. The Hall–Kier alpha value is -1.56.